The lowest BCUT2D eigenvalue weighted by atomic mass is 10.1. The molecule has 2 aromatic carbocycles. The van der Waals surface area contributed by atoms with Gasteiger partial charge in [-0.25, -0.2) is 4.79 Å². The Morgan fingerprint density at radius 3 is 2.29 bits per heavy atom. The van der Waals surface area contributed by atoms with Crippen LogP contribution in [0.25, 0.3) is 0 Å². The predicted molar refractivity (Wildman–Crippen MR) is 105 cm³/mol. The number of rotatable bonds is 7. The molecule has 2 amide bonds. The average molecular weight is 384 g/mol. The first-order valence-electron chi connectivity index (χ1n) is 8.83. The van der Waals surface area contributed by atoms with E-state index in [2.05, 4.69) is 10.6 Å². The van der Waals surface area contributed by atoms with Gasteiger partial charge < -0.3 is 20.1 Å². The van der Waals surface area contributed by atoms with Crippen LogP contribution in [0.15, 0.2) is 48.5 Å². The Morgan fingerprint density at radius 2 is 1.68 bits per heavy atom. The van der Waals surface area contributed by atoms with Gasteiger partial charge in [0.2, 0.25) is 0 Å². The lowest BCUT2D eigenvalue weighted by Crippen LogP contribution is -2.42. The minimum absolute atomic E-state index is 0.386. The maximum atomic E-state index is 12.2. The largest absolute Gasteiger partial charge is 0.497 e. The highest BCUT2D eigenvalue weighted by atomic mass is 16.5. The summed E-state index contributed by atoms with van der Waals surface area (Å²) in [5, 5.41) is 5.22. The average Bonchev–Trinajstić information content (AvgIpc) is 2.68. The summed E-state index contributed by atoms with van der Waals surface area (Å²) < 4.78 is 10.2. The third kappa shape index (κ3) is 5.84. The van der Waals surface area contributed by atoms with Crippen molar-refractivity contribution in [1.29, 1.82) is 0 Å². The van der Waals surface area contributed by atoms with Crippen LogP contribution in [0.5, 0.6) is 5.75 Å². The Kier molecular flexibility index (Phi) is 7.14. The Hall–Kier alpha value is -3.35. The summed E-state index contributed by atoms with van der Waals surface area (Å²) in [6, 6.07) is 12.9. The van der Waals surface area contributed by atoms with Gasteiger partial charge in [-0.05, 0) is 57.2 Å². The number of aryl methyl sites for hydroxylation is 1. The van der Waals surface area contributed by atoms with Crippen molar-refractivity contribution in [3.63, 3.8) is 0 Å². The normalized spacial score (nSPS) is 12.4. The third-order valence-corrected chi connectivity index (χ3v) is 4.00. The minimum Gasteiger partial charge on any atom is -0.497 e. The number of hydrogen-bond acceptors (Lipinski definition) is 5. The van der Waals surface area contributed by atoms with E-state index in [1.807, 2.05) is 13.0 Å². The molecule has 0 unspecified atom stereocenters. The fourth-order valence-electron chi connectivity index (χ4n) is 2.37. The molecule has 0 saturated carbocycles. The zero-order valence-corrected chi connectivity index (χ0v) is 16.3. The van der Waals surface area contributed by atoms with Crippen molar-refractivity contribution in [2.75, 3.05) is 12.4 Å². The van der Waals surface area contributed by atoms with Gasteiger partial charge in [0.25, 0.3) is 11.8 Å². The van der Waals surface area contributed by atoms with E-state index in [4.69, 9.17) is 9.47 Å². The van der Waals surface area contributed by atoms with E-state index in [1.165, 1.54) is 13.8 Å². The van der Waals surface area contributed by atoms with Crippen LogP contribution in [0.4, 0.5) is 5.69 Å². The highest BCUT2D eigenvalue weighted by molar-refractivity contribution is 5.98. The summed E-state index contributed by atoms with van der Waals surface area (Å²) in [6.45, 7) is 4.84. The molecular weight excluding hydrogens is 360 g/mol. The van der Waals surface area contributed by atoms with E-state index >= 15 is 0 Å². The number of nitrogens with one attached hydrogen (secondary N) is 2. The Bertz CT molecular complexity index is 848. The van der Waals surface area contributed by atoms with Gasteiger partial charge in [-0.1, -0.05) is 17.7 Å². The van der Waals surface area contributed by atoms with Crippen LogP contribution in [-0.4, -0.2) is 37.0 Å². The first-order valence-corrected chi connectivity index (χ1v) is 8.83. The van der Waals surface area contributed by atoms with E-state index < -0.39 is 24.0 Å². The molecule has 0 aromatic heterocycles. The van der Waals surface area contributed by atoms with Crippen molar-refractivity contribution >= 4 is 23.5 Å². The van der Waals surface area contributed by atoms with Gasteiger partial charge in [0.05, 0.1) is 7.11 Å². The molecule has 0 saturated heterocycles. The predicted octanol–water partition coefficient (Wildman–Crippen LogP) is 2.69. The van der Waals surface area contributed by atoms with Crippen molar-refractivity contribution in [1.82, 2.24) is 5.32 Å². The number of methoxy groups -OCH3 is 1. The summed E-state index contributed by atoms with van der Waals surface area (Å²) in [5.74, 6) is -0.895. The second-order valence-electron chi connectivity index (χ2n) is 6.36. The number of hydrogen-bond donors (Lipinski definition) is 2. The first-order chi connectivity index (χ1) is 13.3. The number of amides is 2. The molecule has 0 radical (unpaired) electrons. The fraction of sp³-hybridized carbons (Fsp3) is 0.286. The summed E-state index contributed by atoms with van der Waals surface area (Å²) >= 11 is 0. The molecule has 0 spiro atoms. The van der Waals surface area contributed by atoms with Gasteiger partial charge in [0, 0.05) is 11.3 Å². The molecule has 0 bridgehead atoms. The van der Waals surface area contributed by atoms with Crippen LogP contribution in [0.2, 0.25) is 0 Å². The lowest BCUT2D eigenvalue weighted by Gasteiger charge is -2.18. The van der Waals surface area contributed by atoms with Gasteiger partial charge >= 0.3 is 5.97 Å². The van der Waals surface area contributed by atoms with Crippen LogP contribution in [0.1, 0.15) is 29.8 Å². The molecule has 0 heterocycles. The summed E-state index contributed by atoms with van der Waals surface area (Å²) in [7, 11) is 1.55. The van der Waals surface area contributed by atoms with Gasteiger partial charge in [-0.15, -0.1) is 0 Å². The second kappa shape index (κ2) is 9.55. The highest BCUT2D eigenvalue weighted by Crippen LogP contribution is 2.15. The van der Waals surface area contributed by atoms with Crippen LogP contribution in [0.3, 0.4) is 0 Å². The first kappa shape index (κ1) is 21.0. The summed E-state index contributed by atoms with van der Waals surface area (Å²) in [4.78, 5) is 36.6. The molecule has 0 aliphatic carbocycles. The van der Waals surface area contributed by atoms with E-state index in [0.29, 0.717) is 17.0 Å². The number of anilines is 1. The molecule has 0 fully saturated rings. The molecule has 28 heavy (non-hydrogen) atoms. The molecule has 0 aliphatic rings. The zero-order chi connectivity index (χ0) is 20.7. The molecule has 7 heteroatoms. The summed E-state index contributed by atoms with van der Waals surface area (Å²) in [6.07, 6.45) is -1.02. The number of esters is 1. The van der Waals surface area contributed by atoms with Crippen LogP contribution >= 0.6 is 0 Å². The summed E-state index contributed by atoms with van der Waals surface area (Å²) in [5.41, 5.74) is 1.94. The molecule has 7 nitrogen and oxygen atoms in total. The highest BCUT2D eigenvalue weighted by Gasteiger charge is 2.23. The van der Waals surface area contributed by atoms with Gasteiger partial charge in [0.1, 0.15) is 11.8 Å². The maximum absolute atomic E-state index is 12.2. The fourth-order valence-corrected chi connectivity index (χ4v) is 2.37. The Labute approximate surface area is 164 Å². The minimum atomic E-state index is -1.02. The second-order valence-corrected chi connectivity index (χ2v) is 6.36. The van der Waals surface area contributed by atoms with E-state index in [1.54, 1.807) is 49.6 Å². The van der Waals surface area contributed by atoms with Gasteiger partial charge in [-0.3, -0.25) is 9.59 Å². The standard InChI is InChI=1S/C21H24N2O5/c1-13-6-5-7-16(12-13)20(25)22-14(2)21(26)28-15(3)19(24)23-17-8-10-18(27-4)11-9-17/h5-12,14-15H,1-4H3,(H,22,25)(H,23,24)/t14-,15+/m0/s1. The molecule has 2 N–H and O–H groups in total. The van der Waals surface area contributed by atoms with Crippen molar-refractivity contribution in [3.05, 3.63) is 59.7 Å². The van der Waals surface area contributed by atoms with Gasteiger partial charge in [0.15, 0.2) is 6.10 Å². The van der Waals surface area contributed by atoms with Crippen LogP contribution < -0.4 is 15.4 Å². The third-order valence-electron chi connectivity index (χ3n) is 4.00. The SMILES string of the molecule is COc1ccc(NC(=O)[C@@H](C)OC(=O)[C@H](C)NC(=O)c2cccc(C)c2)cc1. The number of ether oxygens (including phenoxy) is 2. The number of benzene rings is 2. The Balaban J connectivity index is 1.87. The lowest BCUT2D eigenvalue weighted by molar-refractivity contribution is -0.154. The zero-order valence-electron chi connectivity index (χ0n) is 16.3. The number of carbonyl (C=O) groups excluding carboxylic acids is 3. The van der Waals surface area contributed by atoms with Gasteiger partial charge in [-0.2, -0.15) is 0 Å². The van der Waals surface area contributed by atoms with Crippen molar-refractivity contribution in [2.45, 2.75) is 32.9 Å². The quantitative estimate of drug-likeness (QED) is 0.716. The molecule has 2 aromatic rings. The van der Waals surface area contributed by atoms with E-state index in [-0.39, 0.29) is 5.91 Å². The monoisotopic (exact) mass is 384 g/mol. The maximum Gasteiger partial charge on any atom is 0.329 e. The molecule has 0 aliphatic heterocycles. The number of carbonyl (C=O) groups is 3. The van der Waals surface area contributed by atoms with Crippen LogP contribution in [-0.2, 0) is 14.3 Å². The molecular formula is C21H24N2O5. The molecule has 148 valence electrons. The smallest absolute Gasteiger partial charge is 0.329 e. The van der Waals surface area contributed by atoms with Crippen molar-refractivity contribution in [2.24, 2.45) is 0 Å². The Morgan fingerprint density at radius 1 is 1.00 bits per heavy atom. The van der Waals surface area contributed by atoms with Crippen LogP contribution in [0, 0.1) is 6.92 Å². The molecule has 2 atom stereocenters. The van der Waals surface area contributed by atoms with E-state index in [0.717, 1.165) is 5.56 Å². The van der Waals surface area contributed by atoms with Crippen molar-refractivity contribution < 1.29 is 23.9 Å². The van der Waals surface area contributed by atoms with E-state index in [9.17, 15) is 14.4 Å². The van der Waals surface area contributed by atoms with Crippen molar-refractivity contribution in [3.8, 4) is 5.75 Å². The molecule has 2 rings (SSSR count). The topological polar surface area (TPSA) is 93.7 Å².